The summed E-state index contributed by atoms with van der Waals surface area (Å²) in [6.07, 6.45) is 6.58. The van der Waals surface area contributed by atoms with Gasteiger partial charge in [0.15, 0.2) is 9.84 Å². The summed E-state index contributed by atoms with van der Waals surface area (Å²) in [5.41, 5.74) is 1.07. The fourth-order valence-corrected chi connectivity index (χ4v) is 3.67. The minimum atomic E-state index is -3.27. The third-order valence-electron chi connectivity index (χ3n) is 3.35. The fraction of sp³-hybridized carbons (Fsp3) is 0.500. The number of sulfone groups is 1. The molecule has 0 aliphatic carbocycles. The van der Waals surface area contributed by atoms with Gasteiger partial charge in [-0.3, -0.25) is 0 Å². The van der Waals surface area contributed by atoms with E-state index in [-0.39, 0.29) is 0 Å². The van der Waals surface area contributed by atoms with Crippen molar-refractivity contribution in [2.45, 2.75) is 56.1 Å². The Bertz CT molecular complexity index is 486. The van der Waals surface area contributed by atoms with Crippen LogP contribution >= 0.6 is 0 Å². The third-order valence-corrected chi connectivity index (χ3v) is 5.51. The van der Waals surface area contributed by atoms with Crippen molar-refractivity contribution >= 4 is 9.84 Å². The maximum absolute atomic E-state index is 12.5. The summed E-state index contributed by atoms with van der Waals surface area (Å²) in [4.78, 5) is 0.401. The van der Waals surface area contributed by atoms with Crippen LogP contribution in [0.1, 0.15) is 44.6 Å². The second-order valence-corrected chi connectivity index (χ2v) is 7.15. The molecular formula is C16H24O2S. The monoisotopic (exact) mass is 280 g/mol. The lowest BCUT2D eigenvalue weighted by molar-refractivity contribution is 0.572. The molecule has 0 fully saturated rings. The van der Waals surface area contributed by atoms with Gasteiger partial charge in [0.1, 0.15) is 0 Å². The number of hydrogen-bond donors (Lipinski definition) is 0. The Morgan fingerprint density at radius 2 is 1.79 bits per heavy atom. The first-order chi connectivity index (χ1) is 9.02. The van der Waals surface area contributed by atoms with Crippen molar-refractivity contribution in [1.29, 1.82) is 0 Å². The zero-order valence-electron chi connectivity index (χ0n) is 11.9. The van der Waals surface area contributed by atoms with E-state index in [0.29, 0.717) is 11.3 Å². The minimum absolute atomic E-state index is 0.401. The molecule has 1 aromatic rings. The predicted molar refractivity (Wildman–Crippen MR) is 81.1 cm³/mol. The van der Waals surface area contributed by atoms with Gasteiger partial charge in [-0.25, -0.2) is 8.42 Å². The molecule has 0 N–H and O–H groups in total. The lowest BCUT2D eigenvalue weighted by Crippen LogP contribution is -2.19. The van der Waals surface area contributed by atoms with Crippen molar-refractivity contribution in [3.63, 3.8) is 0 Å². The predicted octanol–water partition coefficient (Wildman–Crippen LogP) is 4.29. The van der Waals surface area contributed by atoms with Crippen molar-refractivity contribution in [2.75, 3.05) is 0 Å². The van der Waals surface area contributed by atoms with Crippen molar-refractivity contribution in [3.8, 4) is 0 Å². The maximum atomic E-state index is 12.5. The highest BCUT2D eigenvalue weighted by atomic mass is 32.2. The Hall–Kier alpha value is -1.09. The molecule has 0 aliphatic heterocycles. The number of hydrogen-bond acceptors (Lipinski definition) is 2. The van der Waals surface area contributed by atoms with Crippen LogP contribution < -0.4 is 0 Å². The quantitative estimate of drug-likeness (QED) is 0.526. The zero-order valence-corrected chi connectivity index (χ0v) is 12.7. The van der Waals surface area contributed by atoms with E-state index >= 15 is 0 Å². The van der Waals surface area contributed by atoms with E-state index in [1.807, 2.05) is 19.1 Å². The zero-order chi connectivity index (χ0) is 14.3. The summed E-state index contributed by atoms with van der Waals surface area (Å²) in [7, 11) is -3.27. The van der Waals surface area contributed by atoms with Crippen LogP contribution in [0, 0.1) is 6.92 Å². The van der Waals surface area contributed by atoms with Crippen LogP contribution in [0.3, 0.4) is 0 Å². The highest BCUT2D eigenvalue weighted by molar-refractivity contribution is 7.92. The van der Waals surface area contributed by atoms with Gasteiger partial charge < -0.3 is 0 Å². The Kier molecular flexibility index (Phi) is 6.29. The van der Waals surface area contributed by atoms with Crippen LogP contribution in [0.2, 0.25) is 0 Å². The summed E-state index contributed by atoms with van der Waals surface area (Å²) in [6.45, 7) is 7.79. The summed E-state index contributed by atoms with van der Waals surface area (Å²) >= 11 is 0. The fourth-order valence-electron chi connectivity index (χ4n) is 2.07. The molecule has 0 spiro atoms. The Morgan fingerprint density at radius 3 is 2.32 bits per heavy atom. The third kappa shape index (κ3) is 4.50. The van der Waals surface area contributed by atoms with Gasteiger partial charge in [-0.15, -0.1) is 6.58 Å². The van der Waals surface area contributed by atoms with E-state index in [9.17, 15) is 8.42 Å². The molecule has 1 atom stereocenters. The van der Waals surface area contributed by atoms with Gasteiger partial charge in [-0.1, -0.05) is 56.4 Å². The number of rotatable bonds is 8. The molecule has 0 saturated heterocycles. The molecule has 0 heterocycles. The van der Waals surface area contributed by atoms with Crippen molar-refractivity contribution in [1.82, 2.24) is 0 Å². The van der Waals surface area contributed by atoms with E-state index in [1.54, 1.807) is 18.2 Å². The molecule has 0 aliphatic rings. The lowest BCUT2D eigenvalue weighted by atomic mass is 10.1. The molecule has 1 unspecified atom stereocenters. The molecule has 1 rings (SSSR count). The summed E-state index contributed by atoms with van der Waals surface area (Å²) in [5, 5.41) is -0.466. The van der Waals surface area contributed by atoms with Gasteiger partial charge in [0.05, 0.1) is 10.1 Å². The van der Waals surface area contributed by atoms with Gasteiger partial charge >= 0.3 is 0 Å². The largest absolute Gasteiger partial charge is 0.223 e. The van der Waals surface area contributed by atoms with Crippen molar-refractivity contribution in [3.05, 3.63) is 42.5 Å². The van der Waals surface area contributed by atoms with Crippen LogP contribution in [-0.4, -0.2) is 13.7 Å². The van der Waals surface area contributed by atoms with Crippen LogP contribution in [-0.2, 0) is 9.84 Å². The molecule has 3 heteroatoms. The van der Waals surface area contributed by atoms with Gasteiger partial charge in [-0.05, 0) is 25.5 Å². The molecule has 0 radical (unpaired) electrons. The first kappa shape index (κ1) is 16.0. The molecule has 0 bridgehead atoms. The second-order valence-electron chi connectivity index (χ2n) is 4.98. The molecule has 0 aromatic heterocycles. The van der Waals surface area contributed by atoms with E-state index in [0.717, 1.165) is 31.2 Å². The molecule has 1 aromatic carbocycles. The van der Waals surface area contributed by atoms with E-state index in [1.165, 1.54) is 0 Å². The lowest BCUT2D eigenvalue weighted by Gasteiger charge is -2.14. The molecule has 0 amide bonds. The van der Waals surface area contributed by atoms with Crippen molar-refractivity contribution in [2.24, 2.45) is 0 Å². The van der Waals surface area contributed by atoms with Crippen LogP contribution in [0.25, 0.3) is 0 Å². The highest BCUT2D eigenvalue weighted by Gasteiger charge is 2.24. The average Bonchev–Trinajstić information content (AvgIpc) is 2.39. The SMILES string of the molecule is C=CC(CCCCCC)S(=O)(=O)c1ccc(C)cc1. The number of benzene rings is 1. The van der Waals surface area contributed by atoms with Gasteiger partial charge in [0.25, 0.3) is 0 Å². The van der Waals surface area contributed by atoms with Crippen LogP contribution in [0.4, 0.5) is 0 Å². The first-order valence-electron chi connectivity index (χ1n) is 6.95. The molecular weight excluding hydrogens is 256 g/mol. The number of unbranched alkanes of at least 4 members (excludes halogenated alkanes) is 3. The van der Waals surface area contributed by atoms with Crippen molar-refractivity contribution < 1.29 is 8.42 Å². The summed E-state index contributed by atoms with van der Waals surface area (Å²) in [6, 6.07) is 7.05. The molecule has 19 heavy (non-hydrogen) atoms. The standard InChI is InChI=1S/C16H24O2S/c1-4-6-7-8-9-15(5-2)19(17,18)16-12-10-14(3)11-13-16/h5,10-13,15H,2,4,6-9H2,1,3H3. The average molecular weight is 280 g/mol. The normalized spacial score (nSPS) is 13.2. The molecule has 2 nitrogen and oxygen atoms in total. The van der Waals surface area contributed by atoms with Gasteiger partial charge in [0.2, 0.25) is 0 Å². The van der Waals surface area contributed by atoms with E-state index in [4.69, 9.17) is 0 Å². The van der Waals surface area contributed by atoms with Crippen LogP contribution in [0.15, 0.2) is 41.8 Å². The smallest absolute Gasteiger partial charge is 0.184 e. The molecule has 106 valence electrons. The Balaban J connectivity index is 2.78. The summed E-state index contributed by atoms with van der Waals surface area (Å²) < 4.78 is 24.9. The van der Waals surface area contributed by atoms with E-state index < -0.39 is 15.1 Å². The molecule has 0 saturated carbocycles. The first-order valence-corrected chi connectivity index (χ1v) is 8.50. The Labute approximate surface area is 117 Å². The summed E-state index contributed by atoms with van der Waals surface area (Å²) in [5.74, 6) is 0. The number of aryl methyl sites for hydroxylation is 1. The topological polar surface area (TPSA) is 34.1 Å². The maximum Gasteiger partial charge on any atom is 0.184 e. The van der Waals surface area contributed by atoms with Crippen LogP contribution in [0.5, 0.6) is 0 Å². The van der Waals surface area contributed by atoms with Gasteiger partial charge in [0, 0.05) is 0 Å². The van der Waals surface area contributed by atoms with Gasteiger partial charge in [-0.2, -0.15) is 0 Å². The highest BCUT2D eigenvalue weighted by Crippen LogP contribution is 2.21. The van der Waals surface area contributed by atoms with E-state index in [2.05, 4.69) is 13.5 Å². The minimum Gasteiger partial charge on any atom is -0.223 e. The second kappa shape index (κ2) is 7.49. The Morgan fingerprint density at radius 1 is 1.16 bits per heavy atom.